The summed E-state index contributed by atoms with van der Waals surface area (Å²) >= 11 is 0. The molecule has 1 fully saturated rings. The molecule has 4 aromatic carbocycles. The van der Waals surface area contributed by atoms with Gasteiger partial charge >= 0.3 is 0 Å². The largest absolute Gasteiger partial charge is 0.366 e. The molecule has 0 aliphatic carbocycles. The number of aromatic nitrogens is 2. The lowest BCUT2D eigenvalue weighted by atomic mass is 9.77. The van der Waals surface area contributed by atoms with Gasteiger partial charge < -0.3 is 14.7 Å². The minimum Gasteiger partial charge on any atom is -0.366 e. The zero-order chi connectivity index (χ0) is 23.7. The number of benzene rings is 4. The molecule has 0 saturated carbocycles. The van der Waals surface area contributed by atoms with Gasteiger partial charge in [0.2, 0.25) is 0 Å². The van der Waals surface area contributed by atoms with Crippen LogP contribution in [-0.4, -0.2) is 40.9 Å². The fraction of sp³-hybridized carbons (Fsp3) is 0.167. The van der Waals surface area contributed by atoms with E-state index in [0.29, 0.717) is 13.2 Å². The standard InChI is InChI=1S/C30H27N3O2/c34-29-22-32(19-20-35-29)28-18-10-17-27-26(28)21-33(31-27)30(23-11-4-1-5-12-23,24-13-6-2-7-14-24)25-15-8-3-9-16-25/h1-18,21,29,34H,19-20,22H2. The molecule has 5 nitrogen and oxygen atoms in total. The maximum Gasteiger partial charge on any atom is 0.172 e. The Labute approximate surface area is 204 Å². The van der Waals surface area contributed by atoms with Crippen molar-refractivity contribution in [3.05, 3.63) is 132 Å². The van der Waals surface area contributed by atoms with E-state index in [2.05, 4.69) is 101 Å². The van der Waals surface area contributed by atoms with Gasteiger partial charge in [-0.1, -0.05) is 97.1 Å². The van der Waals surface area contributed by atoms with Crippen molar-refractivity contribution in [2.24, 2.45) is 0 Å². The molecule has 6 rings (SSSR count). The zero-order valence-corrected chi connectivity index (χ0v) is 19.4. The van der Waals surface area contributed by atoms with Gasteiger partial charge in [0.25, 0.3) is 0 Å². The Morgan fingerprint density at radius 3 is 1.86 bits per heavy atom. The van der Waals surface area contributed by atoms with Crippen molar-refractivity contribution in [1.29, 1.82) is 0 Å². The molecule has 2 heterocycles. The molecule has 174 valence electrons. The number of aliphatic hydroxyl groups is 1. The summed E-state index contributed by atoms with van der Waals surface area (Å²) in [4.78, 5) is 2.18. The number of aliphatic hydroxyl groups excluding tert-OH is 1. The summed E-state index contributed by atoms with van der Waals surface area (Å²) in [5.41, 5.74) is 4.70. The Bertz CT molecular complexity index is 1320. The molecule has 1 aromatic heterocycles. The molecule has 1 aliphatic heterocycles. The van der Waals surface area contributed by atoms with E-state index in [0.717, 1.165) is 39.8 Å². The topological polar surface area (TPSA) is 50.5 Å². The monoisotopic (exact) mass is 461 g/mol. The minimum absolute atomic E-state index is 0.436. The summed E-state index contributed by atoms with van der Waals surface area (Å²) in [7, 11) is 0. The van der Waals surface area contributed by atoms with E-state index in [1.54, 1.807) is 0 Å². The number of hydrogen-bond donors (Lipinski definition) is 1. The van der Waals surface area contributed by atoms with Crippen LogP contribution in [0.25, 0.3) is 10.9 Å². The normalized spacial score (nSPS) is 16.5. The molecule has 5 heteroatoms. The van der Waals surface area contributed by atoms with Gasteiger partial charge in [0, 0.05) is 23.8 Å². The van der Waals surface area contributed by atoms with Gasteiger partial charge in [-0.05, 0) is 28.8 Å². The van der Waals surface area contributed by atoms with Crippen LogP contribution in [0.5, 0.6) is 0 Å². The average Bonchev–Trinajstić information content (AvgIpc) is 3.36. The van der Waals surface area contributed by atoms with E-state index < -0.39 is 11.8 Å². The van der Waals surface area contributed by atoms with Crippen molar-refractivity contribution in [2.45, 2.75) is 11.8 Å². The van der Waals surface area contributed by atoms with E-state index in [4.69, 9.17) is 9.84 Å². The Kier molecular flexibility index (Phi) is 5.57. The van der Waals surface area contributed by atoms with Crippen LogP contribution in [0, 0.1) is 0 Å². The molecule has 0 spiro atoms. The summed E-state index contributed by atoms with van der Waals surface area (Å²) in [6.07, 6.45) is 1.37. The Morgan fingerprint density at radius 1 is 0.743 bits per heavy atom. The molecule has 0 bridgehead atoms. The summed E-state index contributed by atoms with van der Waals surface area (Å²) in [5, 5.41) is 16.3. The molecule has 5 aromatic rings. The Balaban J connectivity index is 1.64. The fourth-order valence-electron chi connectivity index (χ4n) is 5.26. The highest BCUT2D eigenvalue weighted by atomic mass is 16.6. The summed E-state index contributed by atoms with van der Waals surface area (Å²) < 4.78 is 7.48. The van der Waals surface area contributed by atoms with Crippen molar-refractivity contribution in [1.82, 2.24) is 9.78 Å². The van der Waals surface area contributed by atoms with Crippen molar-refractivity contribution in [3.63, 3.8) is 0 Å². The third kappa shape index (κ3) is 3.70. The summed E-state index contributed by atoms with van der Waals surface area (Å²) in [5.74, 6) is 0. The second-order valence-electron chi connectivity index (χ2n) is 8.86. The van der Waals surface area contributed by atoms with Crippen molar-refractivity contribution in [3.8, 4) is 0 Å². The molecule has 1 unspecified atom stereocenters. The number of ether oxygens (including phenoxy) is 1. The van der Waals surface area contributed by atoms with E-state index >= 15 is 0 Å². The second kappa shape index (κ2) is 9.02. The zero-order valence-electron chi connectivity index (χ0n) is 19.4. The molecule has 1 aliphatic rings. The first-order chi connectivity index (χ1) is 17.3. The number of anilines is 1. The van der Waals surface area contributed by atoms with Crippen molar-refractivity contribution >= 4 is 16.6 Å². The quantitative estimate of drug-likeness (QED) is 0.373. The van der Waals surface area contributed by atoms with Crippen LogP contribution in [0.4, 0.5) is 5.69 Å². The van der Waals surface area contributed by atoms with Crippen LogP contribution in [0.3, 0.4) is 0 Å². The van der Waals surface area contributed by atoms with Gasteiger partial charge in [0.05, 0.1) is 18.7 Å². The van der Waals surface area contributed by atoms with Gasteiger partial charge in [-0.2, -0.15) is 5.10 Å². The highest BCUT2D eigenvalue weighted by molar-refractivity contribution is 5.92. The predicted octanol–water partition coefficient (Wildman–Crippen LogP) is 5.03. The molecule has 0 amide bonds. The van der Waals surface area contributed by atoms with Crippen LogP contribution in [0.2, 0.25) is 0 Å². The van der Waals surface area contributed by atoms with E-state index in [9.17, 15) is 5.11 Å². The van der Waals surface area contributed by atoms with Gasteiger partial charge in [-0.15, -0.1) is 0 Å². The minimum atomic E-state index is -0.786. The first-order valence-electron chi connectivity index (χ1n) is 12.0. The highest BCUT2D eigenvalue weighted by Crippen LogP contribution is 2.42. The molecule has 0 radical (unpaired) electrons. The lowest BCUT2D eigenvalue weighted by Crippen LogP contribution is -2.42. The number of rotatable bonds is 5. The number of hydrogen-bond acceptors (Lipinski definition) is 4. The molecular weight excluding hydrogens is 434 g/mol. The lowest BCUT2D eigenvalue weighted by Gasteiger charge is -2.36. The van der Waals surface area contributed by atoms with Gasteiger partial charge in [-0.3, -0.25) is 4.68 Å². The van der Waals surface area contributed by atoms with Gasteiger partial charge in [0.1, 0.15) is 5.54 Å². The van der Waals surface area contributed by atoms with E-state index in [1.165, 1.54) is 0 Å². The van der Waals surface area contributed by atoms with Crippen LogP contribution in [0.15, 0.2) is 115 Å². The second-order valence-corrected chi connectivity index (χ2v) is 8.86. The number of fused-ring (bicyclic) bond motifs is 1. The Morgan fingerprint density at radius 2 is 1.31 bits per heavy atom. The van der Waals surface area contributed by atoms with Crippen LogP contribution in [0.1, 0.15) is 16.7 Å². The maximum absolute atomic E-state index is 10.1. The number of morpholine rings is 1. The Hall–Kier alpha value is -3.93. The molecule has 1 atom stereocenters. The molecule has 35 heavy (non-hydrogen) atoms. The summed E-state index contributed by atoms with van der Waals surface area (Å²) in [6.45, 7) is 1.65. The van der Waals surface area contributed by atoms with E-state index in [1.807, 2.05) is 24.3 Å². The molecule has 1 saturated heterocycles. The van der Waals surface area contributed by atoms with Crippen LogP contribution in [-0.2, 0) is 10.3 Å². The fourth-order valence-corrected chi connectivity index (χ4v) is 5.26. The average molecular weight is 462 g/mol. The van der Waals surface area contributed by atoms with Crippen LogP contribution >= 0.6 is 0 Å². The van der Waals surface area contributed by atoms with Gasteiger partial charge in [0.15, 0.2) is 6.29 Å². The van der Waals surface area contributed by atoms with Crippen molar-refractivity contribution < 1.29 is 9.84 Å². The van der Waals surface area contributed by atoms with Gasteiger partial charge in [-0.25, -0.2) is 0 Å². The maximum atomic E-state index is 10.1. The summed E-state index contributed by atoms with van der Waals surface area (Å²) in [6, 6.07) is 37.9. The van der Waals surface area contributed by atoms with E-state index in [-0.39, 0.29) is 0 Å². The first kappa shape index (κ1) is 21.6. The molecular formula is C30H27N3O2. The lowest BCUT2D eigenvalue weighted by molar-refractivity contribution is -0.104. The highest BCUT2D eigenvalue weighted by Gasteiger charge is 2.39. The number of nitrogens with zero attached hydrogens (tertiary/aromatic N) is 3. The number of β-amino-alcohol motifs (C(OH)–C–C–N with tert-alkyl or cyclic N) is 1. The third-order valence-electron chi connectivity index (χ3n) is 6.83. The SMILES string of the molecule is OC1CN(c2cccc3nn(C(c4ccccc4)(c4ccccc4)c4ccccc4)cc23)CCO1. The third-order valence-corrected chi connectivity index (χ3v) is 6.83. The first-order valence-corrected chi connectivity index (χ1v) is 12.0. The predicted molar refractivity (Wildman–Crippen MR) is 139 cm³/mol. The van der Waals surface area contributed by atoms with Crippen LogP contribution < -0.4 is 4.90 Å². The smallest absolute Gasteiger partial charge is 0.172 e. The molecule has 1 N–H and O–H groups in total. The van der Waals surface area contributed by atoms with Crippen molar-refractivity contribution in [2.75, 3.05) is 24.6 Å².